The molecule has 0 aromatic carbocycles. The first-order valence-corrected chi connectivity index (χ1v) is 7.97. The summed E-state index contributed by atoms with van der Waals surface area (Å²) >= 11 is 0. The summed E-state index contributed by atoms with van der Waals surface area (Å²) in [5.41, 5.74) is 1.49. The number of dihydropyridines is 1. The minimum absolute atomic E-state index is 0.217. The molecule has 23 heavy (non-hydrogen) atoms. The van der Waals surface area contributed by atoms with E-state index in [1.54, 1.807) is 16.8 Å². The van der Waals surface area contributed by atoms with E-state index in [-0.39, 0.29) is 5.59 Å². The minimum atomic E-state index is -1.58. The smallest absolute Gasteiger partial charge is 0.422 e. The van der Waals surface area contributed by atoms with E-state index in [2.05, 4.69) is 26.4 Å². The van der Waals surface area contributed by atoms with Crippen molar-refractivity contribution in [3.05, 3.63) is 24.3 Å². The fourth-order valence-electron chi connectivity index (χ4n) is 3.57. The van der Waals surface area contributed by atoms with Gasteiger partial charge in [0.25, 0.3) is 0 Å². The van der Waals surface area contributed by atoms with Crippen LogP contribution in [0.4, 0.5) is 0 Å². The number of nitrogens with zero attached hydrogens (tertiary/aromatic N) is 5. The number of aromatic nitrogens is 4. The van der Waals surface area contributed by atoms with Gasteiger partial charge in [0.15, 0.2) is 5.65 Å². The zero-order valence-electron chi connectivity index (χ0n) is 12.7. The number of pyridine rings is 1. The fraction of sp³-hybridized carbons (Fsp3) is 0.467. The summed E-state index contributed by atoms with van der Waals surface area (Å²) in [6.45, 7) is 0.745. The lowest BCUT2D eigenvalue weighted by Gasteiger charge is -2.33. The first-order valence-electron chi connectivity index (χ1n) is 7.97. The minimum Gasteiger partial charge on any atom is -0.422 e. The lowest BCUT2D eigenvalue weighted by molar-refractivity contribution is 0.241. The highest BCUT2D eigenvalue weighted by molar-refractivity contribution is 6.57. The Balaban J connectivity index is 1.54. The summed E-state index contributed by atoms with van der Waals surface area (Å²) < 4.78 is 1.78. The zero-order chi connectivity index (χ0) is 15.8. The predicted molar refractivity (Wildman–Crippen MR) is 87.4 cm³/mol. The number of allylic oxidation sites excluding steroid dienone is 1. The van der Waals surface area contributed by atoms with Crippen LogP contribution < -0.4 is 5.59 Å². The van der Waals surface area contributed by atoms with Gasteiger partial charge in [-0.3, -0.25) is 4.99 Å². The van der Waals surface area contributed by atoms with Crippen molar-refractivity contribution in [2.24, 2.45) is 16.8 Å². The summed E-state index contributed by atoms with van der Waals surface area (Å²) in [6, 6.07) is 3.70. The molecule has 2 N–H and O–H groups in total. The van der Waals surface area contributed by atoms with Gasteiger partial charge in [0, 0.05) is 12.8 Å². The number of hydrogen-bond donors (Lipinski definition) is 2. The summed E-state index contributed by atoms with van der Waals surface area (Å²) in [6.07, 6.45) is 9.47. The summed E-state index contributed by atoms with van der Waals surface area (Å²) in [5, 5.41) is 26.9. The first-order chi connectivity index (χ1) is 11.2. The zero-order valence-corrected chi connectivity index (χ0v) is 12.7. The van der Waals surface area contributed by atoms with Crippen molar-refractivity contribution in [1.29, 1.82) is 0 Å². The summed E-state index contributed by atoms with van der Waals surface area (Å²) in [5.74, 6) is 1.01. The maximum atomic E-state index is 9.28. The molecule has 2 unspecified atom stereocenters. The Bertz CT molecular complexity index is 772. The van der Waals surface area contributed by atoms with Gasteiger partial charge in [-0.15, -0.1) is 5.10 Å². The maximum Gasteiger partial charge on any atom is 0.508 e. The molecule has 0 saturated heterocycles. The van der Waals surface area contributed by atoms with Gasteiger partial charge in [0.05, 0.1) is 11.6 Å². The predicted octanol–water partition coefficient (Wildman–Crippen LogP) is -0.0684. The second kappa shape index (κ2) is 5.86. The third-order valence-electron chi connectivity index (χ3n) is 4.77. The SMILES string of the molecule is OB(O)c1ccc2nnn(C[C@@H]3CCC4N=CC=CC4C3)c2n1. The van der Waals surface area contributed by atoms with Crippen LogP contribution in [0.2, 0.25) is 0 Å². The largest absolute Gasteiger partial charge is 0.508 e. The maximum absolute atomic E-state index is 9.28. The molecule has 1 aliphatic heterocycles. The molecule has 2 aliphatic rings. The van der Waals surface area contributed by atoms with Crippen molar-refractivity contribution in [2.45, 2.75) is 31.8 Å². The van der Waals surface area contributed by atoms with Crippen LogP contribution in [0.3, 0.4) is 0 Å². The van der Waals surface area contributed by atoms with Crippen LogP contribution >= 0.6 is 0 Å². The molecular weight excluding hydrogens is 293 g/mol. The Kier molecular flexibility index (Phi) is 3.70. The average Bonchev–Trinajstić information content (AvgIpc) is 2.97. The van der Waals surface area contributed by atoms with Gasteiger partial charge in [-0.25, -0.2) is 9.67 Å². The monoisotopic (exact) mass is 311 g/mol. The van der Waals surface area contributed by atoms with E-state index in [0.717, 1.165) is 25.8 Å². The highest BCUT2D eigenvalue weighted by Crippen LogP contribution is 2.34. The second-order valence-electron chi connectivity index (χ2n) is 6.32. The van der Waals surface area contributed by atoms with Crippen molar-refractivity contribution in [3.63, 3.8) is 0 Å². The van der Waals surface area contributed by atoms with Gasteiger partial charge < -0.3 is 10.0 Å². The summed E-state index contributed by atoms with van der Waals surface area (Å²) in [7, 11) is -1.58. The van der Waals surface area contributed by atoms with Crippen LogP contribution in [0.5, 0.6) is 0 Å². The second-order valence-corrected chi connectivity index (χ2v) is 6.32. The van der Waals surface area contributed by atoms with Crippen molar-refractivity contribution in [3.8, 4) is 0 Å². The Labute approximate surface area is 133 Å². The molecule has 1 aliphatic carbocycles. The average molecular weight is 311 g/mol. The van der Waals surface area contributed by atoms with Crippen molar-refractivity contribution >= 4 is 30.1 Å². The Hall–Kier alpha value is -2.06. The highest BCUT2D eigenvalue weighted by atomic mass is 16.4. The molecule has 1 fully saturated rings. The van der Waals surface area contributed by atoms with E-state index >= 15 is 0 Å². The van der Waals surface area contributed by atoms with Gasteiger partial charge in [-0.1, -0.05) is 11.3 Å². The van der Waals surface area contributed by atoms with Gasteiger partial charge in [-0.2, -0.15) is 0 Å². The number of hydrogen-bond acceptors (Lipinski definition) is 6. The quantitative estimate of drug-likeness (QED) is 0.774. The van der Waals surface area contributed by atoms with E-state index in [0.29, 0.717) is 29.0 Å². The van der Waals surface area contributed by atoms with Crippen LogP contribution in [0.1, 0.15) is 19.3 Å². The molecule has 0 bridgehead atoms. The van der Waals surface area contributed by atoms with Crippen LogP contribution in [0.25, 0.3) is 11.2 Å². The number of aliphatic imine (C=N–C) groups is 1. The number of fused-ring (bicyclic) bond motifs is 2. The molecule has 2 aromatic heterocycles. The van der Waals surface area contributed by atoms with E-state index in [1.165, 1.54) is 0 Å². The normalized spacial score (nSPS) is 26.4. The molecule has 7 nitrogen and oxygen atoms in total. The first kappa shape index (κ1) is 14.5. The van der Waals surface area contributed by atoms with Crippen LogP contribution in [0.15, 0.2) is 29.3 Å². The van der Waals surface area contributed by atoms with E-state index in [1.807, 2.05) is 12.3 Å². The molecule has 4 rings (SSSR count). The molecule has 0 radical (unpaired) electrons. The van der Waals surface area contributed by atoms with Crippen molar-refractivity contribution in [1.82, 2.24) is 20.0 Å². The fourth-order valence-corrected chi connectivity index (χ4v) is 3.57. The third kappa shape index (κ3) is 2.79. The van der Waals surface area contributed by atoms with Crippen molar-refractivity contribution in [2.75, 3.05) is 0 Å². The van der Waals surface area contributed by atoms with E-state index in [9.17, 15) is 10.0 Å². The molecule has 118 valence electrons. The molecular formula is C15H18BN5O2. The molecule has 0 amide bonds. The Morgan fingerprint density at radius 1 is 1.26 bits per heavy atom. The number of rotatable bonds is 3. The molecule has 0 spiro atoms. The van der Waals surface area contributed by atoms with Crippen molar-refractivity contribution < 1.29 is 10.0 Å². The molecule has 3 atom stereocenters. The molecule has 8 heteroatoms. The van der Waals surface area contributed by atoms with Crippen LogP contribution in [0, 0.1) is 11.8 Å². The standard InChI is InChI=1S/C15H18BN5O2/c22-16(23)14-6-5-13-15(18-14)21(20-19-13)9-10-3-4-12-11(8-10)2-1-7-17-12/h1-2,5-7,10-12,22-23H,3-4,8-9H2/t10-,11?,12?/m1/s1. The van der Waals surface area contributed by atoms with E-state index < -0.39 is 7.12 Å². The lowest BCUT2D eigenvalue weighted by atomic mass is 9.77. The van der Waals surface area contributed by atoms with Crippen LogP contribution in [-0.4, -0.2) is 49.4 Å². The lowest BCUT2D eigenvalue weighted by Crippen LogP contribution is -2.33. The molecule has 1 saturated carbocycles. The van der Waals surface area contributed by atoms with Gasteiger partial charge in [-0.05, 0) is 49.3 Å². The summed E-state index contributed by atoms with van der Waals surface area (Å²) in [4.78, 5) is 8.83. The Morgan fingerprint density at radius 2 is 2.17 bits per heavy atom. The molecule has 2 aromatic rings. The Morgan fingerprint density at radius 3 is 3.04 bits per heavy atom. The van der Waals surface area contributed by atoms with Gasteiger partial charge >= 0.3 is 7.12 Å². The third-order valence-corrected chi connectivity index (χ3v) is 4.77. The van der Waals surface area contributed by atoms with Gasteiger partial charge in [0.2, 0.25) is 0 Å². The van der Waals surface area contributed by atoms with Crippen LogP contribution in [-0.2, 0) is 6.54 Å². The van der Waals surface area contributed by atoms with E-state index in [4.69, 9.17) is 0 Å². The highest BCUT2D eigenvalue weighted by Gasteiger charge is 2.30. The topological polar surface area (TPSA) is 96.4 Å². The van der Waals surface area contributed by atoms with Gasteiger partial charge in [0.1, 0.15) is 5.52 Å². The molecule has 3 heterocycles.